The molecular formula is C19H16ClFN4O3S. The molecule has 0 saturated heterocycles. The van der Waals surface area contributed by atoms with E-state index in [0.717, 1.165) is 23.2 Å². The zero-order chi connectivity index (χ0) is 20.8. The van der Waals surface area contributed by atoms with E-state index in [2.05, 4.69) is 14.9 Å². The summed E-state index contributed by atoms with van der Waals surface area (Å²) in [5.41, 5.74) is 1.22. The van der Waals surface area contributed by atoms with Gasteiger partial charge < -0.3 is 10.1 Å². The fourth-order valence-corrected chi connectivity index (χ4v) is 3.08. The number of ether oxygens (including phenoxy) is 1. The molecular weight excluding hydrogens is 419 g/mol. The van der Waals surface area contributed by atoms with Gasteiger partial charge in [0.05, 0.1) is 12.1 Å². The SMILES string of the molecule is COc1ccc(CNC(=O)CN(C(=O)c2csnn2)c2ccc(F)c(Cl)c2)cc1. The number of benzene rings is 2. The van der Waals surface area contributed by atoms with Gasteiger partial charge in [-0.05, 0) is 47.4 Å². The maximum Gasteiger partial charge on any atom is 0.280 e. The minimum Gasteiger partial charge on any atom is -0.497 e. The molecule has 0 atom stereocenters. The van der Waals surface area contributed by atoms with Crippen LogP contribution in [0.5, 0.6) is 5.75 Å². The van der Waals surface area contributed by atoms with Gasteiger partial charge in [-0.15, -0.1) is 5.10 Å². The normalized spacial score (nSPS) is 10.4. The minimum atomic E-state index is -0.623. The molecule has 0 fully saturated rings. The molecule has 0 aliphatic rings. The van der Waals surface area contributed by atoms with E-state index in [-0.39, 0.29) is 29.5 Å². The van der Waals surface area contributed by atoms with Gasteiger partial charge in [0.15, 0.2) is 5.69 Å². The van der Waals surface area contributed by atoms with Crippen LogP contribution in [0.4, 0.5) is 10.1 Å². The van der Waals surface area contributed by atoms with E-state index in [9.17, 15) is 14.0 Å². The van der Waals surface area contributed by atoms with Crippen molar-refractivity contribution in [1.82, 2.24) is 14.9 Å². The predicted octanol–water partition coefficient (Wildman–Crippen LogP) is 3.30. The number of halogens is 2. The summed E-state index contributed by atoms with van der Waals surface area (Å²) in [6.07, 6.45) is 0. The summed E-state index contributed by atoms with van der Waals surface area (Å²) in [6, 6.07) is 11.0. The second-order valence-electron chi connectivity index (χ2n) is 5.90. The fraction of sp³-hybridized carbons (Fsp3) is 0.158. The first-order chi connectivity index (χ1) is 14.0. The molecule has 29 heavy (non-hydrogen) atoms. The first-order valence-electron chi connectivity index (χ1n) is 8.41. The number of hydrogen-bond donors (Lipinski definition) is 1. The van der Waals surface area contributed by atoms with Crippen LogP contribution in [-0.2, 0) is 11.3 Å². The quantitative estimate of drug-likeness (QED) is 0.616. The summed E-state index contributed by atoms with van der Waals surface area (Å²) in [7, 11) is 1.57. The van der Waals surface area contributed by atoms with Crippen LogP contribution in [0.1, 0.15) is 16.1 Å². The van der Waals surface area contributed by atoms with Crippen molar-refractivity contribution in [2.75, 3.05) is 18.6 Å². The number of amides is 2. The molecule has 0 saturated carbocycles. The third kappa shape index (κ3) is 5.27. The number of hydrogen-bond acceptors (Lipinski definition) is 6. The summed E-state index contributed by atoms with van der Waals surface area (Å²) in [6.45, 7) is -0.0260. The van der Waals surface area contributed by atoms with E-state index in [4.69, 9.17) is 16.3 Å². The van der Waals surface area contributed by atoms with Gasteiger partial charge in [0, 0.05) is 17.6 Å². The number of nitrogens with one attached hydrogen (secondary N) is 1. The van der Waals surface area contributed by atoms with E-state index >= 15 is 0 Å². The molecule has 0 bridgehead atoms. The first kappa shape index (κ1) is 20.7. The van der Waals surface area contributed by atoms with Crippen molar-refractivity contribution >= 4 is 40.6 Å². The Hall–Kier alpha value is -3.04. The molecule has 3 rings (SSSR count). The second kappa shape index (κ2) is 9.44. The van der Waals surface area contributed by atoms with Crippen molar-refractivity contribution in [2.45, 2.75) is 6.54 Å². The number of anilines is 1. The molecule has 2 aromatic carbocycles. The van der Waals surface area contributed by atoms with Crippen LogP contribution in [0, 0.1) is 5.82 Å². The van der Waals surface area contributed by atoms with Crippen molar-refractivity contribution in [3.63, 3.8) is 0 Å². The Labute approximate surface area is 175 Å². The number of nitrogens with zero attached hydrogens (tertiary/aromatic N) is 3. The zero-order valence-corrected chi connectivity index (χ0v) is 16.8. The fourth-order valence-electron chi connectivity index (χ4n) is 2.47. The van der Waals surface area contributed by atoms with Crippen molar-refractivity contribution in [2.24, 2.45) is 0 Å². The summed E-state index contributed by atoms with van der Waals surface area (Å²) in [5, 5.41) is 7.81. The average molecular weight is 435 g/mol. The topological polar surface area (TPSA) is 84.4 Å². The van der Waals surface area contributed by atoms with Gasteiger partial charge in [-0.3, -0.25) is 14.5 Å². The van der Waals surface area contributed by atoms with Crippen LogP contribution in [0.15, 0.2) is 47.8 Å². The van der Waals surface area contributed by atoms with Crippen LogP contribution in [0.2, 0.25) is 5.02 Å². The molecule has 0 aliphatic heterocycles. The van der Waals surface area contributed by atoms with E-state index in [1.165, 1.54) is 22.4 Å². The highest BCUT2D eigenvalue weighted by Crippen LogP contribution is 2.24. The van der Waals surface area contributed by atoms with E-state index in [1.54, 1.807) is 19.2 Å². The van der Waals surface area contributed by atoms with Crippen LogP contribution in [0.3, 0.4) is 0 Å². The van der Waals surface area contributed by atoms with Crippen LogP contribution in [0.25, 0.3) is 0 Å². The highest BCUT2D eigenvalue weighted by molar-refractivity contribution is 7.03. The summed E-state index contributed by atoms with van der Waals surface area (Å²) < 4.78 is 22.3. The predicted molar refractivity (Wildman–Crippen MR) is 108 cm³/mol. The van der Waals surface area contributed by atoms with Gasteiger partial charge in [0.25, 0.3) is 5.91 Å². The molecule has 0 unspecified atom stereocenters. The van der Waals surface area contributed by atoms with Crippen molar-refractivity contribution in [3.8, 4) is 5.75 Å². The smallest absolute Gasteiger partial charge is 0.280 e. The maximum atomic E-state index is 13.5. The van der Waals surface area contributed by atoms with Crippen LogP contribution < -0.4 is 15.0 Å². The van der Waals surface area contributed by atoms with Crippen molar-refractivity contribution < 1.29 is 18.7 Å². The molecule has 7 nitrogen and oxygen atoms in total. The monoisotopic (exact) mass is 434 g/mol. The molecule has 2 amide bonds. The van der Waals surface area contributed by atoms with E-state index < -0.39 is 17.6 Å². The second-order valence-corrected chi connectivity index (χ2v) is 6.92. The molecule has 1 aromatic heterocycles. The Balaban J connectivity index is 1.74. The summed E-state index contributed by atoms with van der Waals surface area (Å²) >= 11 is 6.85. The Morgan fingerprint density at radius 3 is 2.62 bits per heavy atom. The number of carbonyl (C=O) groups is 2. The standard InChI is InChI=1S/C19H16ClFN4O3S/c1-28-14-5-2-12(3-6-14)9-22-18(26)10-25(19(27)17-11-29-24-23-17)13-4-7-16(21)15(20)8-13/h2-8,11H,9-10H2,1H3,(H,22,26). The number of aromatic nitrogens is 2. The molecule has 3 aromatic rings. The first-order valence-corrected chi connectivity index (χ1v) is 9.63. The van der Waals surface area contributed by atoms with Gasteiger partial charge >= 0.3 is 0 Å². The van der Waals surface area contributed by atoms with Gasteiger partial charge in [-0.1, -0.05) is 28.2 Å². The minimum absolute atomic E-state index is 0.0819. The highest BCUT2D eigenvalue weighted by atomic mass is 35.5. The third-order valence-corrected chi connectivity index (χ3v) is 4.78. The lowest BCUT2D eigenvalue weighted by atomic mass is 10.2. The summed E-state index contributed by atoms with van der Waals surface area (Å²) in [5.74, 6) is -0.858. The molecule has 10 heteroatoms. The lowest BCUT2D eigenvalue weighted by Gasteiger charge is -2.21. The number of methoxy groups -OCH3 is 1. The Kier molecular flexibility index (Phi) is 6.73. The lowest BCUT2D eigenvalue weighted by Crippen LogP contribution is -2.41. The Morgan fingerprint density at radius 2 is 2.00 bits per heavy atom. The molecule has 1 heterocycles. The lowest BCUT2D eigenvalue weighted by molar-refractivity contribution is -0.119. The Morgan fingerprint density at radius 1 is 1.24 bits per heavy atom. The van der Waals surface area contributed by atoms with Gasteiger partial charge in [-0.2, -0.15) is 0 Å². The van der Waals surface area contributed by atoms with E-state index in [0.29, 0.717) is 5.75 Å². The molecule has 0 radical (unpaired) electrons. The van der Waals surface area contributed by atoms with Crippen molar-refractivity contribution in [1.29, 1.82) is 0 Å². The number of rotatable bonds is 7. The van der Waals surface area contributed by atoms with Gasteiger partial charge in [0.2, 0.25) is 5.91 Å². The van der Waals surface area contributed by atoms with Crippen LogP contribution in [-0.4, -0.2) is 35.1 Å². The molecule has 0 aliphatic carbocycles. The third-order valence-electron chi connectivity index (χ3n) is 3.99. The van der Waals surface area contributed by atoms with E-state index in [1.807, 2.05) is 12.1 Å². The molecule has 150 valence electrons. The average Bonchev–Trinajstić information content (AvgIpc) is 3.27. The number of carbonyl (C=O) groups excluding carboxylic acids is 2. The zero-order valence-electron chi connectivity index (χ0n) is 15.3. The highest BCUT2D eigenvalue weighted by Gasteiger charge is 2.23. The summed E-state index contributed by atoms with van der Waals surface area (Å²) in [4.78, 5) is 26.4. The van der Waals surface area contributed by atoms with Crippen molar-refractivity contribution in [3.05, 3.63) is 69.9 Å². The molecule has 0 spiro atoms. The Bertz CT molecular complexity index is 999. The maximum absolute atomic E-state index is 13.5. The van der Waals surface area contributed by atoms with Gasteiger partial charge in [0.1, 0.15) is 18.1 Å². The molecule has 1 N–H and O–H groups in total. The van der Waals surface area contributed by atoms with Crippen LogP contribution >= 0.6 is 23.1 Å². The largest absolute Gasteiger partial charge is 0.497 e. The van der Waals surface area contributed by atoms with Gasteiger partial charge in [-0.25, -0.2) is 4.39 Å².